The van der Waals surface area contributed by atoms with E-state index in [4.69, 9.17) is 4.74 Å². The Balaban J connectivity index is 0.00000176. The van der Waals surface area contributed by atoms with E-state index in [2.05, 4.69) is 22.8 Å². The van der Waals surface area contributed by atoms with Gasteiger partial charge in [-0.05, 0) is 49.5 Å². The molecular formula is C16H21ClN2O3. The second-order valence-electron chi connectivity index (χ2n) is 5.65. The standard InChI is InChI=1S/C16H20N2O3.ClH/c19-15-6-5-14(16(20)18-15)21-13-3-1-11(2-4-13)12-7-9-17-10-8-12;/h1-4,12,14,17H,5-10H2,(H,18,19,20);1H/t14-;/m1./s1. The molecule has 6 heteroatoms. The van der Waals surface area contributed by atoms with Crippen LogP contribution in [0.2, 0.25) is 0 Å². The summed E-state index contributed by atoms with van der Waals surface area (Å²) in [6.45, 7) is 2.14. The van der Waals surface area contributed by atoms with Crippen molar-refractivity contribution in [2.24, 2.45) is 0 Å². The summed E-state index contributed by atoms with van der Waals surface area (Å²) < 4.78 is 5.68. The zero-order valence-electron chi connectivity index (χ0n) is 12.3. The average molecular weight is 325 g/mol. The molecule has 0 spiro atoms. The summed E-state index contributed by atoms with van der Waals surface area (Å²) in [6, 6.07) is 8.00. The lowest BCUT2D eigenvalue weighted by molar-refractivity contribution is -0.138. The summed E-state index contributed by atoms with van der Waals surface area (Å²) in [5.41, 5.74) is 1.33. The molecule has 0 unspecified atom stereocenters. The van der Waals surface area contributed by atoms with Crippen molar-refractivity contribution in [3.05, 3.63) is 29.8 Å². The van der Waals surface area contributed by atoms with Gasteiger partial charge in [0.1, 0.15) is 5.75 Å². The van der Waals surface area contributed by atoms with Gasteiger partial charge in [0.15, 0.2) is 6.10 Å². The Morgan fingerprint density at radius 3 is 2.32 bits per heavy atom. The van der Waals surface area contributed by atoms with Gasteiger partial charge in [-0.1, -0.05) is 12.1 Å². The summed E-state index contributed by atoms with van der Waals surface area (Å²) in [6.07, 6.45) is 2.54. The molecule has 5 nitrogen and oxygen atoms in total. The number of nitrogens with one attached hydrogen (secondary N) is 2. The quantitative estimate of drug-likeness (QED) is 0.831. The topological polar surface area (TPSA) is 67.4 Å². The molecule has 0 aliphatic carbocycles. The monoisotopic (exact) mass is 324 g/mol. The zero-order valence-corrected chi connectivity index (χ0v) is 13.2. The van der Waals surface area contributed by atoms with Gasteiger partial charge >= 0.3 is 0 Å². The lowest BCUT2D eigenvalue weighted by atomic mass is 9.90. The summed E-state index contributed by atoms with van der Waals surface area (Å²) >= 11 is 0. The predicted molar refractivity (Wildman–Crippen MR) is 85.3 cm³/mol. The number of halogens is 1. The average Bonchev–Trinajstić information content (AvgIpc) is 2.52. The summed E-state index contributed by atoms with van der Waals surface area (Å²) in [7, 11) is 0. The highest BCUT2D eigenvalue weighted by molar-refractivity contribution is 5.99. The number of hydrogen-bond donors (Lipinski definition) is 2. The van der Waals surface area contributed by atoms with Crippen LogP contribution in [0.3, 0.4) is 0 Å². The normalized spacial score (nSPS) is 22.6. The number of benzene rings is 1. The van der Waals surface area contributed by atoms with Crippen molar-refractivity contribution in [2.45, 2.75) is 37.7 Å². The third-order valence-electron chi connectivity index (χ3n) is 4.16. The summed E-state index contributed by atoms with van der Waals surface area (Å²) in [5.74, 6) is 0.730. The van der Waals surface area contributed by atoms with Crippen molar-refractivity contribution in [1.82, 2.24) is 10.6 Å². The number of carbonyl (C=O) groups excluding carboxylic acids is 2. The number of carbonyl (C=O) groups is 2. The Labute approximate surface area is 136 Å². The van der Waals surface area contributed by atoms with Gasteiger partial charge in [0, 0.05) is 12.8 Å². The van der Waals surface area contributed by atoms with Gasteiger partial charge in [0.2, 0.25) is 5.91 Å². The van der Waals surface area contributed by atoms with Crippen molar-refractivity contribution in [3.8, 4) is 5.75 Å². The lowest BCUT2D eigenvalue weighted by Gasteiger charge is -2.24. The van der Waals surface area contributed by atoms with E-state index in [1.54, 1.807) is 0 Å². The van der Waals surface area contributed by atoms with Crippen molar-refractivity contribution in [3.63, 3.8) is 0 Å². The second kappa shape index (κ2) is 7.61. The molecule has 2 saturated heterocycles. The number of piperidine rings is 2. The number of amides is 2. The van der Waals surface area contributed by atoms with Crippen LogP contribution in [-0.4, -0.2) is 31.0 Å². The molecule has 0 bridgehead atoms. The van der Waals surface area contributed by atoms with Gasteiger partial charge in [0.05, 0.1) is 0 Å². The van der Waals surface area contributed by atoms with E-state index >= 15 is 0 Å². The third-order valence-corrected chi connectivity index (χ3v) is 4.16. The Morgan fingerprint density at radius 1 is 1.00 bits per heavy atom. The van der Waals surface area contributed by atoms with Crippen LogP contribution < -0.4 is 15.4 Å². The van der Waals surface area contributed by atoms with Gasteiger partial charge in [-0.15, -0.1) is 12.4 Å². The molecule has 0 aromatic heterocycles. The van der Waals surface area contributed by atoms with Crippen LogP contribution in [0.5, 0.6) is 5.75 Å². The maximum Gasteiger partial charge on any atom is 0.267 e. The minimum absolute atomic E-state index is 0. The maximum absolute atomic E-state index is 11.7. The minimum Gasteiger partial charge on any atom is -0.481 e. The van der Waals surface area contributed by atoms with Crippen LogP contribution in [-0.2, 0) is 9.59 Å². The molecule has 22 heavy (non-hydrogen) atoms. The van der Waals surface area contributed by atoms with Crippen LogP contribution in [0.1, 0.15) is 37.2 Å². The molecule has 2 aliphatic heterocycles. The van der Waals surface area contributed by atoms with Crippen LogP contribution in [0.25, 0.3) is 0 Å². The van der Waals surface area contributed by atoms with Crippen molar-refractivity contribution >= 4 is 24.2 Å². The molecule has 0 saturated carbocycles. The zero-order chi connectivity index (χ0) is 14.7. The largest absolute Gasteiger partial charge is 0.481 e. The van der Waals surface area contributed by atoms with E-state index < -0.39 is 6.10 Å². The number of hydrogen-bond acceptors (Lipinski definition) is 4. The second-order valence-corrected chi connectivity index (χ2v) is 5.65. The fourth-order valence-electron chi connectivity index (χ4n) is 2.92. The molecule has 1 aromatic rings. The van der Waals surface area contributed by atoms with E-state index in [-0.39, 0.29) is 24.2 Å². The Bertz CT molecular complexity index is 527. The number of rotatable bonds is 3. The number of ether oxygens (including phenoxy) is 1. The predicted octanol–water partition coefficient (Wildman–Crippen LogP) is 1.76. The van der Waals surface area contributed by atoms with Crippen molar-refractivity contribution in [1.29, 1.82) is 0 Å². The third kappa shape index (κ3) is 3.99. The first kappa shape index (κ1) is 16.8. The van der Waals surface area contributed by atoms with E-state index in [0.717, 1.165) is 25.9 Å². The molecule has 2 aliphatic rings. The summed E-state index contributed by atoms with van der Waals surface area (Å²) in [4.78, 5) is 22.8. The van der Waals surface area contributed by atoms with Gasteiger partial charge in [-0.25, -0.2) is 0 Å². The first-order chi connectivity index (χ1) is 10.2. The van der Waals surface area contributed by atoms with Crippen molar-refractivity contribution < 1.29 is 14.3 Å². The smallest absolute Gasteiger partial charge is 0.267 e. The molecule has 3 rings (SSSR count). The first-order valence-electron chi connectivity index (χ1n) is 7.53. The van der Waals surface area contributed by atoms with Gasteiger partial charge in [-0.2, -0.15) is 0 Å². The fourth-order valence-corrected chi connectivity index (χ4v) is 2.92. The molecule has 2 amide bonds. The minimum atomic E-state index is -0.563. The van der Waals surface area contributed by atoms with Crippen LogP contribution in [0, 0.1) is 0 Å². The highest BCUT2D eigenvalue weighted by Gasteiger charge is 2.28. The summed E-state index contributed by atoms with van der Waals surface area (Å²) in [5, 5.41) is 5.66. The van der Waals surface area contributed by atoms with E-state index in [9.17, 15) is 9.59 Å². The van der Waals surface area contributed by atoms with Gasteiger partial charge in [0.25, 0.3) is 5.91 Å². The molecular weight excluding hydrogens is 304 g/mol. The van der Waals surface area contributed by atoms with Crippen molar-refractivity contribution in [2.75, 3.05) is 13.1 Å². The SMILES string of the molecule is Cl.O=C1CC[C@@H](Oc2ccc(C3CCNCC3)cc2)C(=O)N1. The van der Waals surface area contributed by atoms with Crippen LogP contribution in [0.4, 0.5) is 0 Å². The molecule has 1 aromatic carbocycles. The first-order valence-corrected chi connectivity index (χ1v) is 7.53. The Morgan fingerprint density at radius 2 is 1.68 bits per heavy atom. The molecule has 2 heterocycles. The Kier molecular flexibility index (Phi) is 5.80. The highest BCUT2D eigenvalue weighted by atomic mass is 35.5. The van der Waals surface area contributed by atoms with E-state index in [0.29, 0.717) is 24.5 Å². The van der Waals surface area contributed by atoms with E-state index in [1.165, 1.54) is 5.56 Å². The maximum atomic E-state index is 11.7. The number of imide groups is 1. The lowest BCUT2D eigenvalue weighted by Crippen LogP contribution is -2.46. The van der Waals surface area contributed by atoms with Crippen LogP contribution >= 0.6 is 12.4 Å². The Hall–Kier alpha value is -1.59. The molecule has 1 atom stereocenters. The molecule has 2 N–H and O–H groups in total. The molecule has 2 fully saturated rings. The molecule has 0 radical (unpaired) electrons. The highest BCUT2D eigenvalue weighted by Crippen LogP contribution is 2.27. The van der Waals surface area contributed by atoms with E-state index in [1.807, 2.05) is 12.1 Å². The van der Waals surface area contributed by atoms with Gasteiger partial charge in [-0.3, -0.25) is 14.9 Å². The van der Waals surface area contributed by atoms with Gasteiger partial charge < -0.3 is 10.1 Å². The fraction of sp³-hybridized carbons (Fsp3) is 0.500. The molecule has 120 valence electrons. The van der Waals surface area contributed by atoms with Crippen LogP contribution in [0.15, 0.2) is 24.3 Å².